The standard InChI is InChI=1S/C15H14F3NO2S/c1-10-4-3-5-14(11(10)2)19-22(20,21)13-8-6-12(7-9-13)15(16,17)18/h3-9,19H,1-2H3. The molecule has 0 unspecified atom stereocenters. The Labute approximate surface area is 126 Å². The van der Waals surface area contributed by atoms with Crippen LogP contribution < -0.4 is 4.72 Å². The maximum Gasteiger partial charge on any atom is 0.416 e. The minimum absolute atomic E-state index is 0.221. The van der Waals surface area contributed by atoms with Crippen LogP contribution in [0.1, 0.15) is 16.7 Å². The first-order chi connectivity index (χ1) is 10.1. The molecule has 0 saturated heterocycles. The smallest absolute Gasteiger partial charge is 0.279 e. The maximum absolute atomic E-state index is 12.5. The molecule has 0 aliphatic rings. The summed E-state index contributed by atoms with van der Waals surface area (Å²) in [5.41, 5.74) is 1.18. The van der Waals surface area contributed by atoms with Gasteiger partial charge in [-0.05, 0) is 55.3 Å². The van der Waals surface area contributed by atoms with Crippen LogP contribution in [0.3, 0.4) is 0 Å². The van der Waals surface area contributed by atoms with Crippen molar-refractivity contribution < 1.29 is 21.6 Å². The second-order valence-corrected chi connectivity index (χ2v) is 6.56. The first-order valence-corrected chi connectivity index (χ1v) is 7.86. The average Bonchev–Trinajstić information content (AvgIpc) is 2.43. The fourth-order valence-corrected chi connectivity index (χ4v) is 3.01. The van der Waals surface area contributed by atoms with Gasteiger partial charge in [0, 0.05) is 0 Å². The molecule has 1 N–H and O–H groups in total. The van der Waals surface area contributed by atoms with Gasteiger partial charge in [0.15, 0.2) is 0 Å². The number of rotatable bonds is 3. The first-order valence-electron chi connectivity index (χ1n) is 6.37. The summed E-state index contributed by atoms with van der Waals surface area (Å²) in [6.45, 7) is 3.60. The quantitative estimate of drug-likeness (QED) is 0.920. The zero-order valence-corrected chi connectivity index (χ0v) is 12.7. The highest BCUT2D eigenvalue weighted by molar-refractivity contribution is 7.92. The molecule has 0 aromatic heterocycles. The van der Waals surface area contributed by atoms with Crippen LogP contribution in [0, 0.1) is 13.8 Å². The van der Waals surface area contributed by atoms with Crippen molar-refractivity contribution in [1.29, 1.82) is 0 Å². The molecule has 2 aromatic carbocycles. The number of benzene rings is 2. The fourth-order valence-electron chi connectivity index (χ4n) is 1.89. The van der Waals surface area contributed by atoms with Gasteiger partial charge >= 0.3 is 6.18 Å². The number of hydrogen-bond acceptors (Lipinski definition) is 2. The summed E-state index contributed by atoms with van der Waals surface area (Å²) in [5, 5.41) is 0. The predicted molar refractivity (Wildman–Crippen MR) is 78.2 cm³/mol. The molecule has 0 saturated carbocycles. The van der Waals surface area contributed by atoms with Crippen molar-refractivity contribution in [1.82, 2.24) is 0 Å². The minimum Gasteiger partial charge on any atom is -0.279 e. The summed E-state index contributed by atoms with van der Waals surface area (Å²) < 4.78 is 64.3. The molecular weight excluding hydrogens is 315 g/mol. The number of sulfonamides is 1. The van der Waals surface area contributed by atoms with E-state index in [0.717, 1.165) is 35.4 Å². The Morgan fingerprint density at radius 3 is 2.09 bits per heavy atom. The summed E-state index contributed by atoms with van der Waals surface area (Å²) in [6, 6.07) is 8.52. The number of alkyl halides is 3. The highest BCUT2D eigenvalue weighted by Gasteiger charge is 2.30. The van der Waals surface area contributed by atoms with Crippen LogP contribution in [-0.2, 0) is 16.2 Å². The third kappa shape index (κ3) is 3.41. The zero-order chi connectivity index (χ0) is 16.5. The van der Waals surface area contributed by atoms with Crippen LogP contribution in [-0.4, -0.2) is 8.42 Å². The highest BCUT2D eigenvalue weighted by atomic mass is 32.2. The number of halogens is 3. The van der Waals surface area contributed by atoms with Gasteiger partial charge in [0.1, 0.15) is 0 Å². The Kier molecular flexibility index (Phi) is 4.19. The molecule has 0 radical (unpaired) electrons. The van der Waals surface area contributed by atoms with E-state index >= 15 is 0 Å². The zero-order valence-electron chi connectivity index (χ0n) is 11.9. The van der Waals surface area contributed by atoms with Crippen molar-refractivity contribution in [3.8, 4) is 0 Å². The van der Waals surface area contributed by atoms with Crippen LogP contribution >= 0.6 is 0 Å². The molecule has 0 bridgehead atoms. The number of nitrogens with one attached hydrogen (secondary N) is 1. The Bertz CT molecular complexity index is 781. The van der Waals surface area contributed by atoms with Gasteiger partial charge < -0.3 is 0 Å². The SMILES string of the molecule is Cc1cccc(NS(=O)(=O)c2ccc(C(F)(F)F)cc2)c1C. The molecular formula is C15H14F3NO2S. The normalized spacial score (nSPS) is 12.2. The van der Waals surface area contributed by atoms with Gasteiger partial charge in [-0.15, -0.1) is 0 Å². The third-order valence-corrected chi connectivity index (χ3v) is 4.72. The molecule has 118 valence electrons. The Balaban J connectivity index is 2.33. The molecule has 0 aliphatic heterocycles. The van der Waals surface area contributed by atoms with Crippen LogP contribution in [0.25, 0.3) is 0 Å². The lowest BCUT2D eigenvalue weighted by molar-refractivity contribution is -0.137. The Hall–Kier alpha value is -2.02. The summed E-state index contributed by atoms with van der Waals surface area (Å²) in [6.07, 6.45) is -4.50. The molecule has 7 heteroatoms. The monoisotopic (exact) mass is 329 g/mol. The van der Waals surface area contributed by atoms with Gasteiger partial charge in [0.2, 0.25) is 0 Å². The minimum atomic E-state index is -4.50. The summed E-state index contributed by atoms with van der Waals surface area (Å²) in [7, 11) is -3.93. The van der Waals surface area contributed by atoms with E-state index < -0.39 is 21.8 Å². The van der Waals surface area contributed by atoms with Gasteiger partial charge in [-0.1, -0.05) is 12.1 Å². The van der Waals surface area contributed by atoms with Crippen molar-refractivity contribution in [3.05, 3.63) is 59.2 Å². The second-order valence-electron chi connectivity index (χ2n) is 4.88. The summed E-state index contributed by atoms with van der Waals surface area (Å²) in [4.78, 5) is -0.221. The van der Waals surface area contributed by atoms with Gasteiger partial charge in [-0.2, -0.15) is 13.2 Å². The van der Waals surface area contributed by atoms with E-state index in [-0.39, 0.29) is 4.90 Å². The van der Waals surface area contributed by atoms with Gasteiger partial charge in [-0.3, -0.25) is 4.72 Å². The maximum atomic E-state index is 12.5. The molecule has 0 amide bonds. The van der Waals surface area contributed by atoms with E-state index in [9.17, 15) is 21.6 Å². The Morgan fingerprint density at radius 2 is 1.55 bits per heavy atom. The molecule has 0 aliphatic carbocycles. The molecule has 2 rings (SSSR count). The van der Waals surface area contributed by atoms with Gasteiger partial charge in [0.05, 0.1) is 16.1 Å². The van der Waals surface area contributed by atoms with Gasteiger partial charge in [-0.25, -0.2) is 8.42 Å². The van der Waals surface area contributed by atoms with E-state index in [1.54, 1.807) is 19.1 Å². The van der Waals surface area contributed by atoms with Crippen molar-refractivity contribution in [2.45, 2.75) is 24.9 Å². The van der Waals surface area contributed by atoms with Crippen molar-refractivity contribution in [3.63, 3.8) is 0 Å². The lowest BCUT2D eigenvalue weighted by atomic mass is 10.1. The van der Waals surface area contributed by atoms with Crippen LogP contribution in [0.2, 0.25) is 0 Å². The average molecular weight is 329 g/mol. The lowest BCUT2D eigenvalue weighted by Crippen LogP contribution is -2.14. The topological polar surface area (TPSA) is 46.2 Å². The molecule has 3 nitrogen and oxygen atoms in total. The third-order valence-electron chi connectivity index (χ3n) is 3.34. The molecule has 0 heterocycles. The van der Waals surface area contributed by atoms with Gasteiger partial charge in [0.25, 0.3) is 10.0 Å². The number of aryl methyl sites for hydroxylation is 1. The first kappa shape index (κ1) is 16.4. The lowest BCUT2D eigenvalue weighted by Gasteiger charge is -2.13. The summed E-state index contributed by atoms with van der Waals surface area (Å²) >= 11 is 0. The van der Waals surface area contributed by atoms with E-state index in [1.807, 2.05) is 13.0 Å². The van der Waals surface area contributed by atoms with Crippen LogP contribution in [0.4, 0.5) is 18.9 Å². The summed E-state index contributed by atoms with van der Waals surface area (Å²) in [5.74, 6) is 0. The van der Waals surface area contributed by atoms with E-state index in [1.165, 1.54) is 0 Å². The highest BCUT2D eigenvalue weighted by Crippen LogP contribution is 2.30. The second kappa shape index (κ2) is 5.64. The Morgan fingerprint density at radius 1 is 0.955 bits per heavy atom. The number of hydrogen-bond donors (Lipinski definition) is 1. The molecule has 0 atom stereocenters. The molecule has 0 fully saturated rings. The largest absolute Gasteiger partial charge is 0.416 e. The predicted octanol–water partition coefficient (Wildman–Crippen LogP) is 4.12. The number of anilines is 1. The van der Waals surface area contributed by atoms with Crippen LogP contribution in [0.5, 0.6) is 0 Å². The molecule has 22 heavy (non-hydrogen) atoms. The molecule has 2 aromatic rings. The fraction of sp³-hybridized carbons (Fsp3) is 0.200. The van der Waals surface area contributed by atoms with Crippen LogP contribution in [0.15, 0.2) is 47.4 Å². The molecule has 0 spiro atoms. The van der Waals surface area contributed by atoms with E-state index in [2.05, 4.69) is 4.72 Å². The van der Waals surface area contributed by atoms with Crippen molar-refractivity contribution >= 4 is 15.7 Å². The van der Waals surface area contributed by atoms with Crippen molar-refractivity contribution in [2.24, 2.45) is 0 Å². The van der Waals surface area contributed by atoms with Crippen molar-refractivity contribution in [2.75, 3.05) is 4.72 Å². The van der Waals surface area contributed by atoms with E-state index in [4.69, 9.17) is 0 Å². The van der Waals surface area contributed by atoms with E-state index in [0.29, 0.717) is 5.69 Å².